The molecule has 0 spiro atoms. The smallest absolute Gasteiger partial charge is 0.255 e. The molecule has 0 unspecified atom stereocenters. The number of pyridine rings is 1. The van der Waals surface area contributed by atoms with Crippen LogP contribution in [0.2, 0.25) is 0 Å². The number of H-pyrrole nitrogens is 1. The number of carbonyl (C=O) groups is 1. The van der Waals surface area contributed by atoms with Crippen molar-refractivity contribution in [1.82, 2.24) is 9.88 Å². The molecule has 0 aliphatic rings. The number of carbonyl (C=O) groups excluding carboxylic acids is 1. The first-order valence-corrected chi connectivity index (χ1v) is 4.93. The van der Waals surface area contributed by atoms with Gasteiger partial charge < -0.3 is 9.88 Å². The van der Waals surface area contributed by atoms with Gasteiger partial charge in [0.05, 0.1) is 6.07 Å². The zero-order valence-corrected chi connectivity index (χ0v) is 9.23. The van der Waals surface area contributed by atoms with Gasteiger partial charge in [-0.3, -0.25) is 9.59 Å². The summed E-state index contributed by atoms with van der Waals surface area (Å²) in [5.74, 6) is -0.303. The lowest BCUT2D eigenvalue weighted by molar-refractivity contribution is 0.0731. The van der Waals surface area contributed by atoms with E-state index < -0.39 is 0 Å². The van der Waals surface area contributed by atoms with Crippen LogP contribution in [-0.4, -0.2) is 28.4 Å². The average molecular weight is 219 g/mol. The van der Waals surface area contributed by atoms with Crippen LogP contribution in [0, 0.1) is 11.3 Å². The molecule has 0 fully saturated rings. The Morgan fingerprint density at radius 2 is 2.31 bits per heavy atom. The number of hydrogen-bond donors (Lipinski definition) is 1. The normalized spacial score (nSPS) is 9.88. The maximum absolute atomic E-state index is 12.0. The Kier molecular flexibility index (Phi) is 3.84. The minimum absolute atomic E-state index is 0.0172. The minimum Gasteiger partial charge on any atom is -0.329 e. The maximum Gasteiger partial charge on any atom is 0.255 e. The summed E-state index contributed by atoms with van der Waals surface area (Å²) in [6.45, 7) is 3.66. The molecule has 1 amide bonds. The van der Waals surface area contributed by atoms with E-state index in [1.165, 1.54) is 23.2 Å². The fourth-order valence-corrected chi connectivity index (χ4v) is 1.31. The molecule has 1 heterocycles. The Morgan fingerprint density at radius 3 is 2.81 bits per heavy atom. The maximum atomic E-state index is 12.0. The lowest BCUT2D eigenvalue weighted by Crippen LogP contribution is -2.37. The Balaban J connectivity index is 3.00. The number of aromatic nitrogens is 1. The highest BCUT2D eigenvalue weighted by atomic mass is 16.2. The van der Waals surface area contributed by atoms with Crippen molar-refractivity contribution >= 4 is 5.91 Å². The molecule has 0 aliphatic heterocycles. The van der Waals surface area contributed by atoms with Gasteiger partial charge in [0.1, 0.15) is 6.54 Å². The molecule has 0 aromatic carbocycles. The third-order valence-electron chi connectivity index (χ3n) is 2.15. The van der Waals surface area contributed by atoms with E-state index in [1.807, 2.05) is 19.9 Å². The van der Waals surface area contributed by atoms with Crippen LogP contribution in [-0.2, 0) is 0 Å². The van der Waals surface area contributed by atoms with Crippen LogP contribution in [0.25, 0.3) is 0 Å². The van der Waals surface area contributed by atoms with Crippen molar-refractivity contribution in [2.45, 2.75) is 19.9 Å². The molecular formula is C11H13N3O2. The van der Waals surface area contributed by atoms with E-state index in [9.17, 15) is 9.59 Å². The zero-order chi connectivity index (χ0) is 12.1. The second kappa shape index (κ2) is 5.12. The monoisotopic (exact) mass is 219 g/mol. The summed E-state index contributed by atoms with van der Waals surface area (Å²) < 4.78 is 0. The van der Waals surface area contributed by atoms with Gasteiger partial charge in [0.25, 0.3) is 5.91 Å². The van der Waals surface area contributed by atoms with Crippen LogP contribution in [0.3, 0.4) is 0 Å². The number of nitrogens with zero attached hydrogens (tertiary/aromatic N) is 2. The molecule has 0 saturated carbocycles. The molecule has 16 heavy (non-hydrogen) atoms. The van der Waals surface area contributed by atoms with E-state index >= 15 is 0 Å². The van der Waals surface area contributed by atoms with Crippen molar-refractivity contribution in [1.29, 1.82) is 5.26 Å². The van der Waals surface area contributed by atoms with Gasteiger partial charge in [-0.2, -0.15) is 5.26 Å². The van der Waals surface area contributed by atoms with E-state index in [4.69, 9.17) is 5.26 Å². The van der Waals surface area contributed by atoms with Gasteiger partial charge in [0.2, 0.25) is 5.56 Å². The van der Waals surface area contributed by atoms with Crippen LogP contribution in [0.5, 0.6) is 0 Å². The van der Waals surface area contributed by atoms with Crippen molar-refractivity contribution in [3.63, 3.8) is 0 Å². The van der Waals surface area contributed by atoms with Crippen molar-refractivity contribution in [3.8, 4) is 6.07 Å². The van der Waals surface area contributed by atoms with E-state index in [2.05, 4.69) is 4.98 Å². The second-order valence-corrected chi connectivity index (χ2v) is 3.63. The zero-order valence-electron chi connectivity index (χ0n) is 9.23. The molecular weight excluding hydrogens is 206 g/mol. The molecule has 1 rings (SSSR count). The number of aromatic amines is 1. The lowest BCUT2D eigenvalue weighted by atomic mass is 10.2. The van der Waals surface area contributed by atoms with Crippen molar-refractivity contribution in [3.05, 3.63) is 34.2 Å². The van der Waals surface area contributed by atoms with E-state index in [0.717, 1.165) is 0 Å². The van der Waals surface area contributed by atoms with Gasteiger partial charge in [-0.1, -0.05) is 0 Å². The number of nitrogens with one attached hydrogen (secondary N) is 1. The van der Waals surface area contributed by atoms with Gasteiger partial charge in [-0.25, -0.2) is 0 Å². The third-order valence-corrected chi connectivity index (χ3v) is 2.15. The minimum atomic E-state index is -0.327. The van der Waals surface area contributed by atoms with Crippen LogP contribution in [0.1, 0.15) is 24.2 Å². The quantitative estimate of drug-likeness (QED) is 0.762. The summed E-state index contributed by atoms with van der Waals surface area (Å²) in [6, 6.07) is 4.61. The van der Waals surface area contributed by atoms with Crippen molar-refractivity contribution < 1.29 is 4.79 Å². The SMILES string of the molecule is CC(C)N(CC#N)C(=O)c1cc[nH]c(=O)c1. The topological polar surface area (TPSA) is 77.0 Å². The molecule has 5 heteroatoms. The molecule has 84 valence electrons. The molecule has 5 nitrogen and oxygen atoms in total. The fourth-order valence-electron chi connectivity index (χ4n) is 1.31. The first kappa shape index (κ1) is 12.0. The van der Waals surface area contributed by atoms with E-state index in [1.54, 1.807) is 0 Å². The number of amides is 1. The Morgan fingerprint density at radius 1 is 1.62 bits per heavy atom. The molecule has 0 aliphatic carbocycles. The summed E-state index contributed by atoms with van der Waals surface area (Å²) in [5.41, 5.74) is -0.0285. The Hall–Kier alpha value is -2.09. The fraction of sp³-hybridized carbons (Fsp3) is 0.364. The van der Waals surface area contributed by atoms with Crippen LogP contribution in [0.15, 0.2) is 23.1 Å². The first-order valence-electron chi connectivity index (χ1n) is 4.93. The van der Waals surface area contributed by atoms with Crippen molar-refractivity contribution in [2.24, 2.45) is 0 Å². The number of rotatable bonds is 3. The van der Waals surface area contributed by atoms with E-state index in [-0.39, 0.29) is 24.1 Å². The van der Waals surface area contributed by atoms with Gasteiger partial charge >= 0.3 is 0 Å². The van der Waals surface area contributed by atoms with Crippen LogP contribution in [0.4, 0.5) is 0 Å². The lowest BCUT2D eigenvalue weighted by Gasteiger charge is -2.23. The Bertz CT molecular complexity index is 471. The van der Waals surface area contributed by atoms with Crippen molar-refractivity contribution in [2.75, 3.05) is 6.54 Å². The van der Waals surface area contributed by atoms with Gasteiger partial charge in [0.15, 0.2) is 0 Å². The molecule has 1 aromatic rings. The molecule has 0 atom stereocenters. The molecule has 0 radical (unpaired) electrons. The summed E-state index contributed by atoms with van der Waals surface area (Å²) >= 11 is 0. The highest BCUT2D eigenvalue weighted by molar-refractivity contribution is 5.94. The summed E-state index contributed by atoms with van der Waals surface area (Å²) in [7, 11) is 0. The summed E-state index contributed by atoms with van der Waals surface area (Å²) in [5, 5.41) is 8.62. The van der Waals surface area contributed by atoms with Gasteiger partial charge in [-0.05, 0) is 19.9 Å². The molecule has 0 bridgehead atoms. The first-order chi connectivity index (χ1) is 7.56. The van der Waals surface area contributed by atoms with Gasteiger partial charge in [0, 0.05) is 23.9 Å². The summed E-state index contributed by atoms with van der Waals surface area (Å²) in [6.07, 6.45) is 1.42. The molecule has 1 aromatic heterocycles. The number of hydrogen-bond acceptors (Lipinski definition) is 3. The second-order valence-electron chi connectivity index (χ2n) is 3.63. The molecule has 0 saturated heterocycles. The predicted octanol–water partition coefficient (Wildman–Crippen LogP) is 0.749. The van der Waals surface area contributed by atoms with Crippen LogP contribution >= 0.6 is 0 Å². The highest BCUT2D eigenvalue weighted by Crippen LogP contribution is 2.05. The largest absolute Gasteiger partial charge is 0.329 e. The molecule has 1 N–H and O–H groups in total. The average Bonchev–Trinajstić information content (AvgIpc) is 2.24. The van der Waals surface area contributed by atoms with Gasteiger partial charge in [-0.15, -0.1) is 0 Å². The van der Waals surface area contributed by atoms with E-state index in [0.29, 0.717) is 5.56 Å². The standard InChI is InChI=1S/C11H13N3O2/c1-8(2)14(6-4-12)11(16)9-3-5-13-10(15)7-9/h3,5,7-8H,6H2,1-2H3,(H,13,15). The predicted molar refractivity (Wildman–Crippen MR) is 58.8 cm³/mol. The number of nitriles is 1. The summed E-state index contributed by atoms with van der Waals surface area (Å²) in [4.78, 5) is 26.9. The Labute approximate surface area is 93.3 Å². The third kappa shape index (κ3) is 2.70. The van der Waals surface area contributed by atoms with Crippen LogP contribution < -0.4 is 5.56 Å². The highest BCUT2D eigenvalue weighted by Gasteiger charge is 2.18.